The van der Waals surface area contributed by atoms with Gasteiger partial charge in [-0.05, 0) is 25.1 Å². The number of anilines is 1. The molecule has 2 rings (SSSR count). The number of hydrogen-bond donors (Lipinski definition) is 3. The highest BCUT2D eigenvalue weighted by molar-refractivity contribution is 6.00. The lowest BCUT2D eigenvalue weighted by Crippen LogP contribution is -2.43. The Labute approximate surface area is 107 Å². The monoisotopic (exact) mass is 270 g/mol. The highest BCUT2D eigenvalue weighted by Gasteiger charge is 2.22. The van der Waals surface area contributed by atoms with Crippen molar-refractivity contribution >= 4 is 17.6 Å². The second-order valence-electron chi connectivity index (χ2n) is 4.39. The average Bonchev–Trinajstić information content (AvgIpc) is 2.28. The Morgan fingerprint density at radius 1 is 1.32 bits per heavy atom. The van der Waals surface area contributed by atoms with Crippen LogP contribution in [0.1, 0.15) is 16.8 Å². The van der Waals surface area contributed by atoms with Crippen LogP contribution in [0.3, 0.4) is 0 Å². The molecule has 3 N–H and O–H groups in total. The number of carbonyl (C=O) groups excluding carboxylic acids is 1. The molecule has 7 heteroatoms. The highest BCUT2D eigenvalue weighted by atomic mass is 19.2. The third-order valence-corrected chi connectivity index (χ3v) is 2.91. The molecule has 0 bridgehead atoms. The van der Waals surface area contributed by atoms with Crippen LogP contribution in [0.25, 0.3) is 0 Å². The molecule has 0 atom stereocenters. The average molecular weight is 270 g/mol. The Bertz CT molecular complexity index is 530. The van der Waals surface area contributed by atoms with Gasteiger partial charge in [-0.25, -0.2) is 13.6 Å². The molecule has 1 heterocycles. The lowest BCUT2D eigenvalue weighted by molar-refractivity contribution is -0.117. The van der Waals surface area contributed by atoms with Crippen LogP contribution in [0.4, 0.5) is 14.5 Å². The van der Waals surface area contributed by atoms with Gasteiger partial charge in [-0.2, -0.15) is 0 Å². The maximum Gasteiger partial charge on any atom is 0.337 e. The van der Waals surface area contributed by atoms with Crippen LogP contribution in [0, 0.1) is 17.6 Å². The van der Waals surface area contributed by atoms with Gasteiger partial charge in [0.1, 0.15) is 0 Å². The molecule has 1 amide bonds. The van der Waals surface area contributed by atoms with E-state index in [1.165, 1.54) is 0 Å². The molecule has 0 unspecified atom stereocenters. The molecular weight excluding hydrogens is 258 g/mol. The van der Waals surface area contributed by atoms with Crippen LogP contribution in [-0.4, -0.2) is 30.1 Å². The molecule has 1 aromatic rings. The first kappa shape index (κ1) is 13.4. The molecule has 0 spiro atoms. The molecule has 0 saturated carbocycles. The van der Waals surface area contributed by atoms with Crippen molar-refractivity contribution in [2.45, 2.75) is 6.42 Å². The predicted octanol–water partition coefficient (Wildman–Crippen LogP) is 1.21. The van der Waals surface area contributed by atoms with Gasteiger partial charge in [-0.1, -0.05) is 0 Å². The van der Waals surface area contributed by atoms with E-state index in [0.717, 1.165) is 13.1 Å². The van der Waals surface area contributed by atoms with Gasteiger partial charge in [0.25, 0.3) is 0 Å². The molecule has 0 radical (unpaired) electrons. The number of amides is 1. The van der Waals surface area contributed by atoms with Crippen molar-refractivity contribution in [3.63, 3.8) is 0 Å². The minimum atomic E-state index is -1.43. The third-order valence-electron chi connectivity index (χ3n) is 2.91. The van der Waals surface area contributed by atoms with E-state index in [1.807, 2.05) is 0 Å². The smallest absolute Gasteiger partial charge is 0.337 e. The van der Waals surface area contributed by atoms with E-state index >= 15 is 0 Å². The first-order chi connectivity index (χ1) is 8.97. The Hall–Kier alpha value is -2.02. The summed E-state index contributed by atoms with van der Waals surface area (Å²) in [6.07, 6.45) is 0.213. The van der Waals surface area contributed by atoms with Gasteiger partial charge in [0.2, 0.25) is 5.91 Å². The summed E-state index contributed by atoms with van der Waals surface area (Å²) in [6, 6.07) is 1.23. The fraction of sp³-hybridized carbons (Fsp3) is 0.333. The number of nitrogens with one attached hydrogen (secondary N) is 2. The van der Waals surface area contributed by atoms with Crippen molar-refractivity contribution in [3.8, 4) is 0 Å². The van der Waals surface area contributed by atoms with Gasteiger partial charge in [-0.3, -0.25) is 4.79 Å². The lowest BCUT2D eigenvalue weighted by atomic mass is 9.99. The fourth-order valence-corrected chi connectivity index (χ4v) is 1.78. The summed E-state index contributed by atoms with van der Waals surface area (Å²) in [5.74, 6) is -4.12. The third kappa shape index (κ3) is 3.05. The maximum atomic E-state index is 13.1. The Balaban J connectivity index is 2.15. The van der Waals surface area contributed by atoms with E-state index in [1.54, 1.807) is 0 Å². The number of benzene rings is 1. The van der Waals surface area contributed by atoms with Crippen LogP contribution in [-0.2, 0) is 4.79 Å². The number of carbonyl (C=O) groups is 2. The van der Waals surface area contributed by atoms with Crippen molar-refractivity contribution in [2.75, 3.05) is 18.4 Å². The number of hydrogen-bond acceptors (Lipinski definition) is 3. The molecule has 1 aliphatic rings. The van der Waals surface area contributed by atoms with Crippen molar-refractivity contribution in [1.29, 1.82) is 0 Å². The minimum absolute atomic E-state index is 0.193. The van der Waals surface area contributed by atoms with Gasteiger partial charge in [-0.15, -0.1) is 0 Å². The Morgan fingerprint density at radius 2 is 1.95 bits per heavy atom. The van der Waals surface area contributed by atoms with Crippen molar-refractivity contribution in [2.24, 2.45) is 5.92 Å². The first-order valence-electron chi connectivity index (χ1n) is 5.70. The molecule has 0 aliphatic carbocycles. The molecule has 1 fully saturated rings. The van der Waals surface area contributed by atoms with E-state index in [-0.39, 0.29) is 18.0 Å². The second-order valence-corrected chi connectivity index (χ2v) is 4.39. The minimum Gasteiger partial charge on any atom is -0.478 e. The Kier molecular flexibility index (Phi) is 3.75. The van der Waals surface area contributed by atoms with Crippen LogP contribution in [0.15, 0.2) is 12.1 Å². The van der Waals surface area contributed by atoms with Crippen molar-refractivity contribution in [3.05, 3.63) is 29.3 Å². The molecule has 0 aromatic heterocycles. The van der Waals surface area contributed by atoms with E-state index in [2.05, 4.69) is 10.6 Å². The zero-order valence-corrected chi connectivity index (χ0v) is 9.87. The van der Waals surface area contributed by atoms with Gasteiger partial charge >= 0.3 is 5.97 Å². The van der Waals surface area contributed by atoms with Gasteiger partial charge in [0.15, 0.2) is 11.6 Å². The van der Waals surface area contributed by atoms with E-state index in [0.29, 0.717) is 12.1 Å². The van der Waals surface area contributed by atoms with Crippen LogP contribution in [0.5, 0.6) is 0 Å². The SMILES string of the molecule is O=C(CC1CNC1)Nc1cc(F)c(F)cc1C(=O)O. The number of rotatable bonds is 4. The van der Waals surface area contributed by atoms with Crippen LogP contribution in [0.2, 0.25) is 0 Å². The number of carboxylic acids is 1. The van der Waals surface area contributed by atoms with E-state index < -0.39 is 29.1 Å². The van der Waals surface area contributed by atoms with Gasteiger partial charge in [0, 0.05) is 12.5 Å². The highest BCUT2D eigenvalue weighted by Crippen LogP contribution is 2.21. The summed E-state index contributed by atoms with van der Waals surface area (Å²) in [6.45, 7) is 1.44. The molecule has 1 aromatic carbocycles. The first-order valence-corrected chi connectivity index (χ1v) is 5.70. The number of carboxylic acid groups (broad SMARTS) is 1. The standard InChI is InChI=1S/C12H12F2N2O3/c13-8-2-7(12(18)19)10(3-9(8)14)16-11(17)1-6-4-15-5-6/h2-3,6,15H,1,4-5H2,(H,16,17)(H,18,19). The summed E-state index contributed by atoms with van der Waals surface area (Å²) in [5.41, 5.74) is -0.706. The molecule has 1 aliphatic heterocycles. The zero-order valence-electron chi connectivity index (χ0n) is 9.87. The molecular formula is C12H12F2N2O3. The molecule has 5 nitrogen and oxygen atoms in total. The molecule has 1 saturated heterocycles. The quantitative estimate of drug-likeness (QED) is 0.768. The van der Waals surface area contributed by atoms with Gasteiger partial charge in [0.05, 0.1) is 11.3 Å². The fourth-order valence-electron chi connectivity index (χ4n) is 1.78. The molecule has 102 valence electrons. The van der Waals surface area contributed by atoms with Crippen molar-refractivity contribution in [1.82, 2.24) is 5.32 Å². The zero-order chi connectivity index (χ0) is 14.0. The van der Waals surface area contributed by atoms with E-state index in [9.17, 15) is 18.4 Å². The van der Waals surface area contributed by atoms with Crippen molar-refractivity contribution < 1.29 is 23.5 Å². The van der Waals surface area contributed by atoms with Gasteiger partial charge < -0.3 is 15.7 Å². The second kappa shape index (κ2) is 5.31. The summed E-state index contributed by atoms with van der Waals surface area (Å²) >= 11 is 0. The van der Waals surface area contributed by atoms with Crippen LogP contribution >= 0.6 is 0 Å². The maximum absolute atomic E-state index is 13.1. The summed E-state index contributed by atoms with van der Waals surface area (Å²) < 4.78 is 26.1. The summed E-state index contributed by atoms with van der Waals surface area (Å²) in [5, 5.41) is 14.2. The van der Waals surface area contributed by atoms with Crippen LogP contribution < -0.4 is 10.6 Å². The Morgan fingerprint density at radius 3 is 2.47 bits per heavy atom. The lowest BCUT2D eigenvalue weighted by Gasteiger charge is -2.26. The number of aromatic carboxylic acids is 1. The number of halogens is 2. The molecule has 19 heavy (non-hydrogen) atoms. The summed E-state index contributed by atoms with van der Waals surface area (Å²) in [4.78, 5) is 22.5. The van der Waals surface area contributed by atoms with E-state index in [4.69, 9.17) is 5.11 Å². The predicted molar refractivity (Wildman–Crippen MR) is 62.9 cm³/mol. The topological polar surface area (TPSA) is 78.4 Å². The summed E-state index contributed by atoms with van der Waals surface area (Å²) in [7, 11) is 0. The normalized spacial score (nSPS) is 14.8. The largest absolute Gasteiger partial charge is 0.478 e.